The van der Waals surface area contributed by atoms with E-state index in [2.05, 4.69) is 10.0 Å². The van der Waals surface area contributed by atoms with Crippen LogP contribution >= 0.6 is 11.6 Å². The Hall–Kier alpha value is -2.78. The zero-order chi connectivity index (χ0) is 22.9. The van der Waals surface area contributed by atoms with Crippen molar-refractivity contribution in [1.29, 1.82) is 0 Å². The van der Waals surface area contributed by atoms with Crippen LogP contribution in [0.1, 0.15) is 25.7 Å². The number of anilines is 2. The van der Waals surface area contributed by atoms with Crippen molar-refractivity contribution in [3.8, 4) is 5.75 Å². The molecule has 1 unspecified atom stereocenters. The minimum absolute atomic E-state index is 0.00499. The molecule has 1 atom stereocenters. The lowest BCUT2D eigenvalue weighted by Crippen LogP contribution is -2.44. The molecule has 0 radical (unpaired) electrons. The van der Waals surface area contributed by atoms with Gasteiger partial charge in [0.15, 0.2) is 0 Å². The van der Waals surface area contributed by atoms with E-state index in [1.807, 2.05) is 0 Å². The highest BCUT2D eigenvalue weighted by Crippen LogP contribution is 2.33. The van der Waals surface area contributed by atoms with Gasteiger partial charge in [-0.2, -0.15) is 0 Å². The van der Waals surface area contributed by atoms with E-state index in [0.29, 0.717) is 30.2 Å². The van der Waals surface area contributed by atoms with Gasteiger partial charge in [0.25, 0.3) is 10.0 Å². The molecular formula is C22H24ClN3O5S. The number of piperidine rings is 1. The maximum absolute atomic E-state index is 12.8. The Kier molecular flexibility index (Phi) is 6.30. The molecule has 4 rings (SSSR count). The fourth-order valence-corrected chi connectivity index (χ4v) is 5.03. The van der Waals surface area contributed by atoms with Crippen LogP contribution in [0.4, 0.5) is 11.4 Å². The van der Waals surface area contributed by atoms with Crippen LogP contribution in [0.2, 0.25) is 5.02 Å². The van der Waals surface area contributed by atoms with Crippen LogP contribution < -0.4 is 10.0 Å². The highest BCUT2D eigenvalue weighted by molar-refractivity contribution is 7.92. The van der Waals surface area contributed by atoms with E-state index in [9.17, 15) is 23.1 Å². The van der Waals surface area contributed by atoms with E-state index in [4.69, 9.17) is 11.6 Å². The summed E-state index contributed by atoms with van der Waals surface area (Å²) in [4.78, 5) is 26.8. The summed E-state index contributed by atoms with van der Waals surface area (Å²) in [6.07, 6.45) is 3.16. The van der Waals surface area contributed by atoms with Crippen molar-refractivity contribution < 1.29 is 23.1 Å². The van der Waals surface area contributed by atoms with Gasteiger partial charge in [-0.25, -0.2) is 8.42 Å². The second-order valence-corrected chi connectivity index (χ2v) is 10.3. The van der Waals surface area contributed by atoms with Crippen LogP contribution in [0.3, 0.4) is 0 Å². The lowest BCUT2D eigenvalue weighted by atomic mass is 9.96. The molecule has 1 aliphatic carbocycles. The van der Waals surface area contributed by atoms with Crippen molar-refractivity contribution in [1.82, 2.24) is 4.90 Å². The van der Waals surface area contributed by atoms with Crippen molar-refractivity contribution in [3.05, 3.63) is 47.5 Å². The van der Waals surface area contributed by atoms with Crippen molar-refractivity contribution in [3.63, 3.8) is 0 Å². The number of carbonyl (C=O) groups excluding carboxylic acids is 2. The molecule has 32 heavy (non-hydrogen) atoms. The summed E-state index contributed by atoms with van der Waals surface area (Å²) in [5.41, 5.74) is 0.286. The largest absolute Gasteiger partial charge is 0.506 e. The van der Waals surface area contributed by atoms with Gasteiger partial charge in [0.05, 0.1) is 22.2 Å². The summed E-state index contributed by atoms with van der Waals surface area (Å²) in [5.74, 6) is -0.830. The minimum atomic E-state index is -3.98. The predicted molar refractivity (Wildman–Crippen MR) is 121 cm³/mol. The Labute approximate surface area is 191 Å². The number of halogens is 1. The Bertz CT molecular complexity index is 1150. The number of nitrogens with zero attached hydrogens (tertiary/aromatic N) is 1. The molecule has 2 fully saturated rings. The summed E-state index contributed by atoms with van der Waals surface area (Å²) in [5, 5.41) is 13.2. The first kappa shape index (κ1) is 22.4. The fraction of sp³-hybridized carbons (Fsp3) is 0.364. The average molecular weight is 478 g/mol. The van der Waals surface area contributed by atoms with E-state index in [-0.39, 0.29) is 34.1 Å². The number of rotatable bonds is 6. The molecule has 3 N–H and O–H groups in total. The Balaban J connectivity index is 1.47. The molecule has 2 aromatic carbocycles. The Morgan fingerprint density at radius 3 is 2.56 bits per heavy atom. The molecule has 1 saturated heterocycles. The van der Waals surface area contributed by atoms with Gasteiger partial charge in [-0.05, 0) is 62.1 Å². The summed E-state index contributed by atoms with van der Waals surface area (Å²) in [6.45, 7) is 0.976. The number of amides is 2. The molecule has 2 aromatic rings. The molecule has 0 aromatic heterocycles. The number of carbonyl (C=O) groups is 2. The second kappa shape index (κ2) is 8.99. The van der Waals surface area contributed by atoms with Gasteiger partial charge < -0.3 is 15.3 Å². The van der Waals surface area contributed by atoms with Crippen LogP contribution in [-0.2, 0) is 19.6 Å². The number of sulfonamides is 1. The van der Waals surface area contributed by atoms with Gasteiger partial charge in [0.2, 0.25) is 11.8 Å². The zero-order valence-electron chi connectivity index (χ0n) is 17.3. The molecule has 1 heterocycles. The van der Waals surface area contributed by atoms with Crippen LogP contribution in [0.25, 0.3) is 0 Å². The van der Waals surface area contributed by atoms with Crippen molar-refractivity contribution >= 4 is 44.8 Å². The third-order valence-corrected chi connectivity index (χ3v) is 7.26. The van der Waals surface area contributed by atoms with E-state index in [1.165, 1.54) is 24.3 Å². The van der Waals surface area contributed by atoms with E-state index in [0.717, 1.165) is 19.3 Å². The Morgan fingerprint density at radius 1 is 1.06 bits per heavy atom. The zero-order valence-corrected chi connectivity index (χ0v) is 18.8. The summed E-state index contributed by atoms with van der Waals surface area (Å²) < 4.78 is 27.9. The molecule has 8 nitrogen and oxygen atoms in total. The fourth-order valence-electron chi connectivity index (χ4n) is 3.76. The van der Waals surface area contributed by atoms with Crippen LogP contribution in [0.15, 0.2) is 47.4 Å². The van der Waals surface area contributed by atoms with Crippen LogP contribution in [0.5, 0.6) is 5.75 Å². The van der Waals surface area contributed by atoms with E-state index >= 15 is 0 Å². The lowest BCUT2D eigenvalue weighted by molar-refractivity contribution is -0.135. The van der Waals surface area contributed by atoms with Gasteiger partial charge >= 0.3 is 0 Å². The Morgan fingerprint density at radius 2 is 1.84 bits per heavy atom. The van der Waals surface area contributed by atoms with E-state index < -0.39 is 15.9 Å². The van der Waals surface area contributed by atoms with Gasteiger partial charge in [-0.15, -0.1) is 0 Å². The number of hydrogen-bond donors (Lipinski definition) is 3. The molecule has 2 aliphatic rings. The summed E-state index contributed by atoms with van der Waals surface area (Å²) in [7, 11) is -3.98. The number of likely N-dealkylation sites (tertiary alicyclic amines) is 1. The van der Waals surface area contributed by atoms with Crippen molar-refractivity contribution in [2.45, 2.75) is 30.6 Å². The second-order valence-electron chi connectivity index (χ2n) is 8.18. The topological polar surface area (TPSA) is 116 Å². The molecule has 10 heteroatoms. The molecule has 0 bridgehead atoms. The summed E-state index contributed by atoms with van der Waals surface area (Å²) in [6, 6.07) is 9.93. The molecule has 2 amide bonds. The normalized spacial score (nSPS) is 18.8. The van der Waals surface area contributed by atoms with Gasteiger partial charge in [0.1, 0.15) is 5.75 Å². The predicted octanol–water partition coefficient (Wildman–Crippen LogP) is 3.43. The third-order valence-electron chi connectivity index (χ3n) is 5.64. The number of nitrogens with one attached hydrogen (secondary N) is 2. The molecule has 1 saturated carbocycles. The molecule has 0 spiro atoms. The van der Waals surface area contributed by atoms with Crippen molar-refractivity contribution in [2.75, 3.05) is 23.1 Å². The number of benzene rings is 2. The number of aromatic hydroxyl groups is 1. The number of hydrogen-bond acceptors (Lipinski definition) is 5. The SMILES string of the molecule is O=C(Nc1cc(S(=O)(=O)Nc2cccc(Cl)c2)ccc1O)C1CCCN(C(=O)C2CC2)C1. The van der Waals surface area contributed by atoms with Gasteiger partial charge in [0, 0.05) is 24.0 Å². The van der Waals surface area contributed by atoms with Crippen molar-refractivity contribution in [2.24, 2.45) is 11.8 Å². The smallest absolute Gasteiger partial charge is 0.261 e. The van der Waals surface area contributed by atoms with E-state index in [1.54, 1.807) is 23.1 Å². The summed E-state index contributed by atoms with van der Waals surface area (Å²) >= 11 is 5.91. The number of phenolic OH excluding ortho intramolecular Hbond substituents is 1. The maximum atomic E-state index is 12.8. The number of phenols is 1. The highest BCUT2D eigenvalue weighted by atomic mass is 35.5. The third kappa shape index (κ3) is 5.16. The quantitative estimate of drug-likeness (QED) is 0.551. The van der Waals surface area contributed by atoms with Gasteiger partial charge in [-0.1, -0.05) is 17.7 Å². The molecule has 1 aliphatic heterocycles. The highest BCUT2D eigenvalue weighted by Gasteiger charge is 2.36. The monoisotopic (exact) mass is 477 g/mol. The van der Waals surface area contributed by atoms with Crippen LogP contribution in [0, 0.1) is 11.8 Å². The first-order valence-electron chi connectivity index (χ1n) is 10.4. The van der Waals surface area contributed by atoms with Gasteiger partial charge in [-0.3, -0.25) is 14.3 Å². The first-order valence-corrected chi connectivity index (χ1v) is 12.3. The average Bonchev–Trinajstić information content (AvgIpc) is 3.60. The minimum Gasteiger partial charge on any atom is -0.506 e. The maximum Gasteiger partial charge on any atom is 0.261 e. The van der Waals surface area contributed by atoms with Crippen LogP contribution in [-0.4, -0.2) is 43.3 Å². The lowest BCUT2D eigenvalue weighted by Gasteiger charge is -2.32. The first-order chi connectivity index (χ1) is 15.2. The molecule has 170 valence electrons. The standard InChI is InChI=1S/C22H24ClN3O5S/c23-16-4-1-5-17(11-16)25-32(30,31)18-8-9-20(27)19(12-18)24-21(28)15-3-2-10-26(13-15)22(29)14-6-7-14/h1,4-5,8-9,11-12,14-15,25,27H,2-3,6-7,10,13H2,(H,24,28). The molecular weight excluding hydrogens is 454 g/mol.